The van der Waals surface area contributed by atoms with Crippen LogP contribution in [0.5, 0.6) is 5.75 Å². The molecule has 1 heterocycles. The highest BCUT2D eigenvalue weighted by Gasteiger charge is 2.18. The van der Waals surface area contributed by atoms with Crippen LogP contribution >= 0.6 is 11.8 Å². The van der Waals surface area contributed by atoms with Crippen molar-refractivity contribution < 1.29 is 14.6 Å². The lowest BCUT2D eigenvalue weighted by atomic mass is 10.0. The Labute approximate surface area is 204 Å². The molecule has 1 N–H and O–H groups in total. The average Bonchev–Trinajstić information content (AvgIpc) is 3.24. The third kappa shape index (κ3) is 5.86. The Morgan fingerprint density at radius 3 is 2.26 bits per heavy atom. The predicted octanol–water partition coefficient (Wildman–Crippen LogP) is 5.06. The second-order valence-corrected chi connectivity index (χ2v) is 9.08. The molecule has 0 aliphatic carbocycles. The van der Waals surface area contributed by atoms with Gasteiger partial charge in [0, 0.05) is 18.4 Å². The molecule has 6 nitrogen and oxygen atoms in total. The van der Waals surface area contributed by atoms with Crippen LogP contribution in [0, 0.1) is 6.92 Å². The minimum Gasteiger partial charge on any atom is -0.497 e. The van der Waals surface area contributed by atoms with Gasteiger partial charge in [-0.2, -0.15) is 0 Å². The molecular formula is C27H29N3O3S. The largest absolute Gasteiger partial charge is 0.497 e. The molecule has 0 spiro atoms. The molecule has 0 saturated heterocycles. The van der Waals surface area contributed by atoms with Crippen LogP contribution in [0.1, 0.15) is 22.8 Å². The van der Waals surface area contributed by atoms with E-state index in [9.17, 15) is 5.11 Å². The van der Waals surface area contributed by atoms with E-state index in [0.29, 0.717) is 5.75 Å². The van der Waals surface area contributed by atoms with Crippen molar-refractivity contribution in [3.8, 4) is 17.1 Å². The Hall–Kier alpha value is -3.13. The summed E-state index contributed by atoms with van der Waals surface area (Å²) in [6.45, 7) is 2.28. The molecule has 4 aromatic rings. The van der Waals surface area contributed by atoms with Gasteiger partial charge in [0.25, 0.3) is 0 Å². The fraction of sp³-hybridized carbons (Fsp3) is 0.259. The number of rotatable bonds is 10. The number of nitrogens with zero attached hydrogens (tertiary/aromatic N) is 3. The van der Waals surface area contributed by atoms with Crippen LogP contribution < -0.4 is 4.74 Å². The average molecular weight is 476 g/mol. The van der Waals surface area contributed by atoms with Crippen LogP contribution in [-0.2, 0) is 11.8 Å². The lowest BCUT2D eigenvalue weighted by molar-refractivity contribution is 0.0155. The van der Waals surface area contributed by atoms with E-state index in [1.807, 2.05) is 66.2 Å². The van der Waals surface area contributed by atoms with Crippen LogP contribution in [0.2, 0.25) is 0 Å². The maximum atomic E-state index is 10.7. The van der Waals surface area contributed by atoms with E-state index in [1.54, 1.807) is 7.11 Å². The summed E-state index contributed by atoms with van der Waals surface area (Å²) >= 11 is 1.46. The second kappa shape index (κ2) is 11.3. The third-order valence-corrected chi connectivity index (χ3v) is 6.69. The van der Waals surface area contributed by atoms with Crippen molar-refractivity contribution in [1.29, 1.82) is 0 Å². The molecule has 0 saturated carbocycles. The molecule has 0 amide bonds. The van der Waals surface area contributed by atoms with Crippen molar-refractivity contribution >= 4 is 11.8 Å². The van der Waals surface area contributed by atoms with Gasteiger partial charge < -0.3 is 19.1 Å². The summed E-state index contributed by atoms with van der Waals surface area (Å²) < 4.78 is 13.4. The van der Waals surface area contributed by atoms with Crippen LogP contribution in [0.25, 0.3) is 11.4 Å². The number of aliphatic hydroxyl groups excluding tert-OH is 1. The number of aromatic nitrogens is 3. The van der Waals surface area contributed by atoms with Crippen molar-refractivity contribution in [2.75, 3.05) is 19.5 Å². The van der Waals surface area contributed by atoms with Gasteiger partial charge in [-0.05, 0) is 42.3 Å². The summed E-state index contributed by atoms with van der Waals surface area (Å²) in [7, 11) is 3.57. The van der Waals surface area contributed by atoms with Gasteiger partial charge in [0.15, 0.2) is 11.0 Å². The van der Waals surface area contributed by atoms with E-state index < -0.39 is 6.10 Å². The Morgan fingerprint density at radius 2 is 1.59 bits per heavy atom. The number of aryl methyl sites for hydroxylation is 1. The first kappa shape index (κ1) is 24.0. The van der Waals surface area contributed by atoms with Gasteiger partial charge in [-0.15, -0.1) is 10.2 Å². The minimum absolute atomic E-state index is 0.212. The van der Waals surface area contributed by atoms with Gasteiger partial charge in [0.05, 0.1) is 19.8 Å². The van der Waals surface area contributed by atoms with E-state index in [2.05, 4.69) is 41.4 Å². The Morgan fingerprint density at radius 1 is 0.912 bits per heavy atom. The van der Waals surface area contributed by atoms with Crippen molar-refractivity contribution in [1.82, 2.24) is 14.8 Å². The standard InChI is InChI=1S/C27H29N3O3S/c1-19-9-11-21(12-10-19)25(20-7-5-4-6-8-20)33-17-23(31)18-34-27-29-28-26(30(27)2)22-13-15-24(32-3)16-14-22/h4-16,23,25,31H,17-18H2,1-3H3/t23-,25-/m0/s1. The fourth-order valence-corrected chi connectivity index (χ4v) is 4.43. The summed E-state index contributed by atoms with van der Waals surface area (Å²) in [5.41, 5.74) is 4.28. The first-order chi connectivity index (χ1) is 16.5. The molecule has 2 atom stereocenters. The highest BCUT2D eigenvalue weighted by molar-refractivity contribution is 7.99. The van der Waals surface area contributed by atoms with Gasteiger partial charge in [0.2, 0.25) is 0 Å². The quantitative estimate of drug-likeness (QED) is 0.324. The number of benzene rings is 3. The monoisotopic (exact) mass is 475 g/mol. The first-order valence-corrected chi connectivity index (χ1v) is 12.1. The third-order valence-electron chi connectivity index (χ3n) is 5.53. The molecule has 7 heteroatoms. The van der Waals surface area contributed by atoms with E-state index in [0.717, 1.165) is 33.4 Å². The normalized spacial score (nSPS) is 12.9. The Bertz CT molecular complexity index is 1180. The van der Waals surface area contributed by atoms with Gasteiger partial charge in [-0.3, -0.25) is 0 Å². The van der Waals surface area contributed by atoms with Gasteiger partial charge in [-0.1, -0.05) is 71.9 Å². The van der Waals surface area contributed by atoms with Crippen molar-refractivity contribution in [2.45, 2.75) is 24.3 Å². The molecular weight excluding hydrogens is 446 g/mol. The highest BCUT2D eigenvalue weighted by atomic mass is 32.2. The summed E-state index contributed by atoms with van der Waals surface area (Å²) in [4.78, 5) is 0. The van der Waals surface area contributed by atoms with Crippen LogP contribution in [0.15, 0.2) is 84.0 Å². The second-order valence-electron chi connectivity index (χ2n) is 8.09. The number of hydrogen-bond donors (Lipinski definition) is 1. The first-order valence-electron chi connectivity index (χ1n) is 11.1. The number of aliphatic hydroxyl groups is 1. The van der Waals surface area contributed by atoms with Gasteiger partial charge in [-0.25, -0.2) is 0 Å². The zero-order valence-corrected chi connectivity index (χ0v) is 20.4. The molecule has 0 aliphatic rings. The van der Waals surface area contributed by atoms with Crippen LogP contribution in [0.3, 0.4) is 0 Å². The summed E-state index contributed by atoms with van der Waals surface area (Å²) in [5.74, 6) is 2.01. The van der Waals surface area contributed by atoms with Gasteiger partial charge >= 0.3 is 0 Å². The summed E-state index contributed by atoms with van der Waals surface area (Å²) in [5, 5.41) is 20.0. The predicted molar refractivity (Wildman–Crippen MR) is 135 cm³/mol. The topological polar surface area (TPSA) is 69.4 Å². The Balaban J connectivity index is 1.38. The highest BCUT2D eigenvalue weighted by Crippen LogP contribution is 2.28. The maximum Gasteiger partial charge on any atom is 0.191 e. The zero-order chi connectivity index (χ0) is 23.9. The number of methoxy groups -OCH3 is 1. The number of hydrogen-bond acceptors (Lipinski definition) is 6. The summed E-state index contributed by atoms with van der Waals surface area (Å²) in [6.07, 6.45) is -0.888. The molecule has 34 heavy (non-hydrogen) atoms. The molecule has 0 unspecified atom stereocenters. The van der Waals surface area contributed by atoms with Crippen LogP contribution in [0.4, 0.5) is 0 Å². The van der Waals surface area contributed by atoms with Crippen LogP contribution in [-0.4, -0.2) is 45.4 Å². The van der Waals surface area contributed by atoms with E-state index in [-0.39, 0.29) is 12.7 Å². The number of ether oxygens (including phenoxy) is 2. The minimum atomic E-state index is -0.650. The molecule has 4 rings (SSSR count). The molecule has 1 aromatic heterocycles. The lowest BCUT2D eigenvalue weighted by Crippen LogP contribution is -2.21. The molecule has 0 radical (unpaired) electrons. The molecule has 176 valence electrons. The van der Waals surface area contributed by atoms with Gasteiger partial charge in [0.1, 0.15) is 11.9 Å². The van der Waals surface area contributed by atoms with E-state index in [1.165, 1.54) is 17.3 Å². The number of thioether (sulfide) groups is 1. The zero-order valence-electron chi connectivity index (χ0n) is 19.6. The van der Waals surface area contributed by atoms with E-state index >= 15 is 0 Å². The Kier molecular flexibility index (Phi) is 8.00. The van der Waals surface area contributed by atoms with Crippen molar-refractivity contribution in [2.24, 2.45) is 7.05 Å². The molecule has 0 bridgehead atoms. The lowest BCUT2D eigenvalue weighted by Gasteiger charge is -2.21. The summed E-state index contributed by atoms with van der Waals surface area (Å²) in [6, 6.07) is 26.1. The fourth-order valence-electron chi connectivity index (χ4n) is 3.61. The van der Waals surface area contributed by atoms with Crippen molar-refractivity contribution in [3.63, 3.8) is 0 Å². The van der Waals surface area contributed by atoms with E-state index in [4.69, 9.17) is 9.47 Å². The van der Waals surface area contributed by atoms with Crippen molar-refractivity contribution in [3.05, 3.63) is 95.6 Å². The molecule has 0 fully saturated rings. The smallest absolute Gasteiger partial charge is 0.191 e. The molecule has 3 aromatic carbocycles. The maximum absolute atomic E-state index is 10.7. The SMILES string of the molecule is COc1ccc(-c2nnc(SC[C@@H](O)CO[C@@H](c3ccccc3)c3ccc(C)cc3)n2C)cc1. The molecule has 0 aliphatic heterocycles.